The lowest BCUT2D eigenvalue weighted by molar-refractivity contribution is -0.140. The molecule has 0 aromatic carbocycles. The van der Waals surface area contributed by atoms with Crippen molar-refractivity contribution in [2.24, 2.45) is 0 Å². The molecule has 1 aliphatic carbocycles. The van der Waals surface area contributed by atoms with Gasteiger partial charge in [-0.15, -0.1) is 0 Å². The average molecular weight is 253 g/mol. The Morgan fingerprint density at radius 1 is 1.28 bits per heavy atom. The maximum absolute atomic E-state index is 12.5. The molecule has 2 unspecified atom stereocenters. The summed E-state index contributed by atoms with van der Waals surface area (Å²) < 4.78 is 0. The summed E-state index contributed by atoms with van der Waals surface area (Å²) in [5.74, 6) is 0.314. The minimum Gasteiger partial charge on any atom is -0.337 e. The van der Waals surface area contributed by atoms with Crippen LogP contribution in [0.1, 0.15) is 39.0 Å². The summed E-state index contributed by atoms with van der Waals surface area (Å²) in [6.07, 6.45) is 6.32. The zero-order valence-electron chi connectivity index (χ0n) is 12.0. The van der Waals surface area contributed by atoms with Crippen molar-refractivity contribution in [3.8, 4) is 0 Å². The number of likely N-dealkylation sites (N-methyl/N-ethyl adjacent to an activating group) is 1. The SMILES string of the molecule is CC1CN(C2CCCCC2)C(=O)C(CN(C)C)N1. The number of amides is 1. The second kappa shape index (κ2) is 6.02. The van der Waals surface area contributed by atoms with Gasteiger partial charge in [0.1, 0.15) is 0 Å². The molecule has 1 saturated heterocycles. The van der Waals surface area contributed by atoms with Crippen LogP contribution in [-0.4, -0.2) is 61.0 Å². The minimum atomic E-state index is -0.0225. The molecule has 4 heteroatoms. The average Bonchev–Trinajstić information content (AvgIpc) is 2.34. The Morgan fingerprint density at radius 2 is 1.94 bits per heavy atom. The molecule has 1 N–H and O–H groups in total. The summed E-state index contributed by atoms with van der Waals surface area (Å²) in [6.45, 7) is 3.87. The van der Waals surface area contributed by atoms with E-state index in [9.17, 15) is 4.79 Å². The fraction of sp³-hybridized carbons (Fsp3) is 0.929. The molecule has 1 amide bonds. The first kappa shape index (κ1) is 13.8. The molecule has 0 bridgehead atoms. The van der Waals surface area contributed by atoms with Gasteiger partial charge in [-0.2, -0.15) is 0 Å². The van der Waals surface area contributed by atoms with Crippen LogP contribution in [0.15, 0.2) is 0 Å². The highest BCUT2D eigenvalue weighted by molar-refractivity contribution is 5.83. The van der Waals surface area contributed by atoms with Gasteiger partial charge in [0, 0.05) is 25.2 Å². The van der Waals surface area contributed by atoms with Crippen LogP contribution in [0.3, 0.4) is 0 Å². The summed E-state index contributed by atoms with van der Waals surface area (Å²) in [4.78, 5) is 16.8. The second-order valence-electron chi connectivity index (χ2n) is 6.16. The van der Waals surface area contributed by atoms with Gasteiger partial charge in [-0.1, -0.05) is 19.3 Å². The maximum atomic E-state index is 12.5. The second-order valence-corrected chi connectivity index (χ2v) is 6.16. The van der Waals surface area contributed by atoms with Crippen LogP contribution < -0.4 is 5.32 Å². The predicted molar refractivity (Wildman–Crippen MR) is 73.5 cm³/mol. The topological polar surface area (TPSA) is 35.6 Å². The fourth-order valence-corrected chi connectivity index (χ4v) is 3.27. The van der Waals surface area contributed by atoms with Crippen molar-refractivity contribution in [2.75, 3.05) is 27.2 Å². The van der Waals surface area contributed by atoms with E-state index in [1.165, 1.54) is 32.1 Å². The lowest BCUT2D eigenvalue weighted by Gasteiger charge is -2.43. The molecule has 0 aromatic heterocycles. The van der Waals surface area contributed by atoms with E-state index in [-0.39, 0.29) is 6.04 Å². The molecule has 1 aliphatic heterocycles. The number of carbonyl (C=O) groups is 1. The summed E-state index contributed by atoms with van der Waals surface area (Å²) in [5, 5.41) is 3.43. The van der Waals surface area contributed by atoms with Gasteiger partial charge in [-0.05, 0) is 33.9 Å². The first-order valence-electron chi connectivity index (χ1n) is 7.29. The van der Waals surface area contributed by atoms with Gasteiger partial charge in [0.25, 0.3) is 0 Å². The monoisotopic (exact) mass is 253 g/mol. The molecule has 2 atom stereocenters. The maximum Gasteiger partial charge on any atom is 0.241 e. The van der Waals surface area contributed by atoms with E-state index in [0.29, 0.717) is 18.0 Å². The molecule has 0 radical (unpaired) electrons. The zero-order chi connectivity index (χ0) is 13.1. The number of hydrogen-bond donors (Lipinski definition) is 1. The van der Waals surface area contributed by atoms with Crippen molar-refractivity contribution in [2.45, 2.75) is 57.2 Å². The normalized spacial score (nSPS) is 31.1. The van der Waals surface area contributed by atoms with E-state index in [4.69, 9.17) is 0 Å². The number of nitrogens with zero attached hydrogens (tertiary/aromatic N) is 2. The fourth-order valence-electron chi connectivity index (χ4n) is 3.27. The molecule has 2 aliphatic rings. The van der Waals surface area contributed by atoms with Crippen LogP contribution in [0, 0.1) is 0 Å². The van der Waals surface area contributed by atoms with Crippen LogP contribution >= 0.6 is 0 Å². The van der Waals surface area contributed by atoms with Gasteiger partial charge < -0.3 is 15.1 Å². The van der Waals surface area contributed by atoms with Gasteiger partial charge in [-0.3, -0.25) is 4.79 Å². The van der Waals surface area contributed by atoms with Crippen LogP contribution in [0.25, 0.3) is 0 Å². The summed E-state index contributed by atoms with van der Waals surface area (Å²) in [5.41, 5.74) is 0. The van der Waals surface area contributed by atoms with Crippen molar-refractivity contribution in [3.05, 3.63) is 0 Å². The summed E-state index contributed by atoms with van der Waals surface area (Å²) >= 11 is 0. The van der Waals surface area contributed by atoms with Gasteiger partial charge >= 0.3 is 0 Å². The van der Waals surface area contributed by atoms with Crippen LogP contribution in [0.5, 0.6) is 0 Å². The summed E-state index contributed by atoms with van der Waals surface area (Å²) in [6, 6.07) is 0.890. The predicted octanol–water partition coefficient (Wildman–Crippen LogP) is 1.07. The highest BCUT2D eigenvalue weighted by atomic mass is 16.2. The van der Waals surface area contributed by atoms with E-state index in [1.54, 1.807) is 0 Å². The molecule has 0 spiro atoms. The van der Waals surface area contributed by atoms with Crippen LogP contribution in [-0.2, 0) is 4.79 Å². The Bertz CT molecular complexity index is 285. The Morgan fingerprint density at radius 3 is 2.56 bits per heavy atom. The van der Waals surface area contributed by atoms with Gasteiger partial charge in [0.05, 0.1) is 6.04 Å². The number of nitrogens with one attached hydrogen (secondary N) is 1. The van der Waals surface area contributed by atoms with Crippen molar-refractivity contribution < 1.29 is 4.79 Å². The quantitative estimate of drug-likeness (QED) is 0.817. The number of rotatable bonds is 3. The van der Waals surface area contributed by atoms with Crippen molar-refractivity contribution >= 4 is 5.91 Å². The molecule has 18 heavy (non-hydrogen) atoms. The molecule has 0 aromatic rings. The van der Waals surface area contributed by atoms with E-state index in [1.807, 2.05) is 14.1 Å². The van der Waals surface area contributed by atoms with Crippen molar-refractivity contribution in [3.63, 3.8) is 0 Å². The number of piperazine rings is 1. The molecule has 2 fully saturated rings. The van der Waals surface area contributed by atoms with E-state index >= 15 is 0 Å². The molecule has 1 saturated carbocycles. The van der Waals surface area contributed by atoms with Crippen LogP contribution in [0.4, 0.5) is 0 Å². The van der Waals surface area contributed by atoms with Crippen molar-refractivity contribution in [1.29, 1.82) is 0 Å². The summed E-state index contributed by atoms with van der Waals surface area (Å²) in [7, 11) is 4.05. The molecule has 2 rings (SSSR count). The Balaban J connectivity index is 2.02. The van der Waals surface area contributed by atoms with Crippen LogP contribution in [0.2, 0.25) is 0 Å². The van der Waals surface area contributed by atoms with E-state index in [2.05, 4.69) is 22.0 Å². The Labute approximate surface area is 111 Å². The van der Waals surface area contributed by atoms with Gasteiger partial charge in [0.2, 0.25) is 5.91 Å². The molecule has 1 heterocycles. The van der Waals surface area contributed by atoms with E-state index in [0.717, 1.165) is 13.1 Å². The minimum absolute atomic E-state index is 0.0225. The van der Waals surface area contributed by atoms with E-state index < -0.39 is 0 Å². The highest BCUT2D eigenvalue weighted by Crippen LogP contribution is 2.24. The molecule has 104 valence electrons. The van der Waals surface area contributed by atoms with Crippen molar-refractivity contribution in [1.82, 2.24) is 15.1 Å². The Hall–Kier alpha value is -0.610. The molecule has 4 nitrogen and oxygen atoms in total. The highest BCUT2D eigenvalue weighted by Gasteiger charge is 2.36. The third-order valence-corrected chi connectivity index (χ3v) is 4.10. The molecular weight excluding hydrogens is 226 g/mol. The third-order valence-electron chi connectivity index (χ3n) is 4.10. The largest absolute Gasteiger partial charge is 0.337 e. The lowest BCUT2D eigenvalue weighted by Crippen LogP contribution is -2.64. The number of hydrogen-bond acceptors (Lipinski definition) is 3. The van der Waals surface area contributed by atoms with Gasteiger partial charge in [-0.25, -0.2) is 0 Å². The smallest absolute Gasteiger partial charge is 0.241 e. The third kappa shape index (κ3) is 3.23. The Kier molecular flexibility index (Phi) is 4.62. The van der Waals surface area contributed by atoms with Gasteiger partial charge in [0.15, 0.2) is 0 Å². The number of carbonyl (C=O) groups excluding carboxylic acids is 1. The lowest BCUT2D eigenvalue weighted by atomic mass is 9.92. The molecular formula is C14H27N3O. The first-order chi connectivity index (χ1) is 8.58. The standard InChI is InChI=1S/C14H27N3O/c1-11-9-17(12-7-5-4-6-8-12)14(18)13(15-11)10-16(2)3/h11-13,15H,4-10H2,1-3H3. The first-order valence-corrected chi connectivity index (χ1v) is 7.29. The zero-order valence-corrected chi connectivity index (χ0v) is 12.0.